The molecule has 1 aromatic carbocycles. The molecule has 132 valence electrons. The van der Waals surface area contributed by atoms with Crippen LogP contribution in [0.1, 0.15) is 44.0 Å². The second kappa shape index (κ2) is 8.24. The first-order chi connectivity index (χ1) is 11.4. The van der Waals surface area contributed by atoms with Gasteiger partial charge in [0.25, 0.3) is 5.91 Å². The van der Waals surface area contributed by atoms with Crippen LogP contribution in [0.3, 0.4) is 0 Å². The SMILES string of the molecule is CC(C)CC(=O)Nc1ccc(C(=O)NC2CNCCC2C)cc1F. The molecule has 0 saturated carbocycles. The van der Waals surface area contributed by atoms with E-state index >= 15 is 0 Å². The van der Waals surface area contributed by atoms with Gasteiger partial charge in [0.2, 0.25) is 5.91 Å². The van der Waals surface area contributed by atoms with Crippen molar-refractivity contribution in [1.82, 2.24) is 10.6 Å². The van der Waals surface area contributed by atoms with Gasteiger partial charge in [-0.1, -0.05) is 20.8 Å². The van der Waals surface area contributed by atoms with E-state index in [0.717, 1.165) is 19.5 Å². The van der Waals surface area contributed by atoms with Crippen molar-refractivity contribution in [2.24, 2.45) is 11.8 Å². The highest BCUT2D eigenvalue weighted by Crippen LogP contribution is 2.18. The van der Waals surface area contributed by atoms with Crippen LogP contribution in [0.25, 0.3) is 0 Å². The first kappa shape index (κ1) is 18.4. The molecule has 2 amide bonds. The van der Waals surface area contributed by atoms with Crippen LogP contribution in [0.4, 0.5) is 10.1 Å². The molecule has 24 heavy (non-hydrogen) atoms. The Morgan fingerprint density at radius 1 is 1.38 bits per heavy atom. The minimum absolute atomic E-state index is 0.0414. The number of carbonyl (C=O) groups excluding carboxylic acids is 2. The van der Waals surface area contributed by atoms with E-state index in [1.807, 2.05) is 13.8 Å². The van der Waals surface area contributed by atoms with E-state index in [0.29, 0.717) is 12.3 Å². The topological polar surface area (TPSA) is 70.2 Å². The summed E-state index contributed by atoms with van der Waals surface area (Å²) in [5.74, 6) is -0.550. The van der Waals surface area contributed by atoms with E-state index in [4.69, 9.17) is 0 Å². The lowest BCUT2D eigenvalue weighted by Crippen LogP contribution is -2.50. The summed E-state index contributed by atoms with van der Waals surface area (Å²) in [4.78, 5) is 24.0. The Kier molecular flexibility index (Phi) is 6.31. The molecule has 5 nitrogen and oxygen atoms in total. The lowest BCUT2D eigenvalue weighted by atomic mass is 9.94. The van der Waals surface area contributed by atoms with E-state index in [-0.39, 0.29) is 35.0 Å². The quantitative estimate of drug-likeness (QED) is 0.774. The second-order valence-electron chi connectivity index (χ2n) is 6.89. The molecule has 2 rings (SSSR count). The summed E-state index contributed by atoms with van der Waals surface area (Å²) in [5.41, 5.74) is 0.358. The Balaban J connectivity index is 2.00. The Morgan fingerprint density at radius 2 is 2.12 bits per heavy atom. The monoisotopic (exact) mass is 335 g/mol. The molecule has 2 atom stereocenters. The zero-order valence-electron chi connectivity index (χ0n) is 14.5. The molecular formula is C18H26FN3O2. The molecule has 1 aliphatic rings. The summed E-state index contributed by atoms with van der Waals surface area (Å²) in [6.45, 7) is 7.61. The highest BCUT2D eigenvalue weighted by Gasteiger charge is 2.23. The number of benzene rings is 1. The molecule has 0 bridgehead atoms. The van der Waals surface area contributed by atoms with E-state index < -0.39 is 5.82 Å². The Labute approximate surface area is 142 Å². The molecule has 0 aliphatic carbocycles. The minimum Gasteiger partial charge on any atom is -0.348 e. The Hall–Kier alpha value is -1.95. The van der Waals surface area contributed by atoms with Crippen molar-refractivity contribution < 1.29 is 14.0 Å². The maximum absolute atomic E-state index is 14.2. The number of rotatable bonds is 5. The van der Waals surface area contributed by atoms with Crippen LogP contribution in [-0.2, 0) is 4.79 Å². The van der Waals surface area contributed by atoms with Gasteiger partial charge >= 0.3 is 0 Å². The van der Waals surface area contributed by atoms with Crippen LogP contribution < -0.4 is 16.0 Å². The van der Waals surface area contributed by atoms with Crippen LogP contribution in [0, 0.1) is 17.7 Å². The zero-order valence-corrected chi connectivity index (χ0v) is 14.5. The van der Waals surface area contributed by atoms with Crippen molar-refractivity contribution in [3.63, 3.8) is 0 Å². The first-order valence-corrected chi connectivity index (χ1v) is 8.47. The van der Waals surface area contributed by atoms with Gasteiger partial charge in [-0.15, -0.1) is 0 Å². The van der Waals surface area contributed by atoms with E-state index in [9.17, 15) is 14.0 Å². The molecule has 0 spiro atoms. The fraction of sp³-hybridized carbons (Fsp3) is 0.556. The van der Waals surface area contributed by atoms with Crippen molar-refractivity contribution in [3.05, 3.63) is 29.6 Å². The number of amides is 2. The summed E-state index contributed by atoms with van der Waals surface area (Å²) in [6, 6.07) is 4.18. The second-order valence-corrected chi connectivity index (χ2v) is 6.89. The van der Waals surface area contributed by atoms with Gasteiger partial charge in [0, 0.05) is 24.6 Å². The number of carbonyl (C=O) groups is 2. The number of nitrogens with one attached hydrogen (secondary N) is 3. The molecule has 0 aromatic heterocycles. The van der Waals surface area contributed by atoms with E-state index in [1.54, 1.807) is 0 Å². The Bertz CT molecular complexity index is 604. The standard InChI is InChI=1S/C18H26FN3O2/c1-11(2)8-17(23)21-15-5-4-13(9-14(15)19)18(24)22-16-10-20-7-6-12(16)3/h4-5,9,11-12,16,20H,6-8,10H2,1-3H3,(H,21,23)(H,22,24). The van der Waals surface area contributed by atoms with Crippen molar-refractivity contribution in [1.29, 1.82) is 0 Å². The summed E-state index contributed by atoms with van der Waals surface area (Å²) in [6.07, 6.45) is 1.33. The highest BCUT2D eigenvalue weighted by atomic mass is 19.1. The lowest BCUT2D eigenvalue weighted by molar-refractivity contribution is -0.116. The van der Waals surface area contributed by atoms with Gasteiger partial charge in [-0.25, -0.2) is 4.39 Å². The molecule has 2 unspecified atom stereocenters. The lowest BCUT2D eigenvalue weighted by Gasteiger charge is -2.30. The maximum atomic E-state index is 14.2. The molecule has 6 heteroatoms. The van der Waals surface area contributed by atoms with Crippen LogP contribution in [0.5, 0.6) is 0 Å². The molecule has 1 saturated heterocycles. The number of hydrogen-bond donors (Lipinski definition) is 3. The minimum atomic E-state index is -0.602. The molecule has 1 aliphatic heterocycles. The van der Waals surface area contributed by atoms with Crippen molar-refractivity contribution in [2.45, 2.75) is 39.7 Å². The van der Waals surface area contributed by atoms with Gasteiger partial charge in [0.15, 0.2) is 0 Å². The van der Waals surface area contributed by atoms with Crippen LogP contribution in [0.15, 0.2) is 18.2 Å². The fourth-order valence-electron chi connectivity index (χ4n) is 2.76. The predicted octanol–water partition coefficient (Wildman–Crippen LogP) is 2.54. The third kappa shape index (κ3) is 5.03. The normalized spacial score (nSPS) is 20.7. The molecule has 0 radical (unpaired) electrons. The summed E-state index contributed by atoms with van der Waals surface area (Å²) in [5, 5.41) is 8.73. The molecule has 1 heterocycles. The van der Waals surface area contributed by atoms with Gasteiger partial charge in [-0.2, -0.15) is 0 Å². The summed E-state index contributed by atoms with van der Waals surface area (Å²) in [7, 11) is 0. The zero-order chi connectivity index (χ0) is 17.7. The number of halogens is 1. The van der Waals surface area contributed by atoms with Gasteiger partial charge in [0.1, 0.15) is 5.82 Å². The number of hydrogen-bond acceptors (Lipinski definition) is 3. The van der Waals surface area contributed by atoms with Gasteiger partial charge in [-0.05, 0) is 43.0 Å². The fourth-order valence-corrected chi connectivity index (χ4v) is 2.76. The third-order valence-corrected chi connectivity index (χ3v) is 4.24. The summed E-state index contributed by atoms with van der Waals surface area (Å²) >= 11 is 0. The first-order valence-electron chi connectivity index (χ1n) is 8.47. The van der Waals surface area contributed by atoms with Gasteiger partial charge in [0.05, 0.1) is 5.69 Å². The molecular weight excluding hydrogens is 309 g/mol. The van der Waals surface area contributed by atoms with E-state index in [1.165, 1.54) is 18.2 Å². The highest BCUT2D eigenvalue weighted by molar-refractivity contribution is 5.96. The Morgan fingerprint density at radius 3 is 2.75 bits per heavy atom. The van der Waals surface area contributed by atoms with Crippen LogP contribution in [0.2, 0.25) is 0 Å². The van der Waals surface area contributed by atoms with Crippen LogP contribution >= 0.6 is 0 Å². The number of anilines is 1. The number of piperidine rings is 1. The van der Waals surface area contributed by atoms with Crippen molar-refractivity contribution in [2.75, 3.05) is 18.4 Å². The summed E-state index contributed by atoms with van der Waals surface area (Å²) < 4.78 is 14.2. The third-order valence-electron chi connectivity index (χ3n) is 4.24. The van der Waals surface area contributed by atoms with E-state index in [2.05, 4.69) is 22.9 Å². The molecule has 3 N–H and O–H groups in total. The maximum Gasteiger partial charge on any atom is 0.251 e. The van der Waals surface area contributed by atoms with Crippen molar-refractivity contribution in [3.8, 4) is 0 Å². The predicted molar refractivity (Wildman–Crippen MR) is 92.4 cm³/mol. The molecule has 1 fully saturated rings. The van der Waals surface area contributed by atoms with Crippen LogP contribution in [-0.4, -0.2) is 30.9 Å². The smallest absolute Gasteiger partial charge is 0.251 e. The van der Waals surface area contributed by atoms with Gasteiger partial charge in [-0.3, -0.25) is 9.59 Å². The van der Waals surface area contributed by atoms with Crippen molar-refractivity contribution >= 4 is 17.5 Å². The average molecular weight is 335 g/mol. The average Bonchev–Trinajstić information content (AvgIpc) is 2.50. The largest absolute Gasteiger partial charge is 0.348 e. The van der Waals surface area contributed by atoms with Gasteiger partial charge < -0.3 is 16.0 Å². The molecule has 1 aromatic rings.